The number of hydrogen-bond donors (Lipinski definition) is 0. The number of benzene rings is 2. The normalized spacial score (nSPS) is 17.6. The third-order valence-corrected chi connectivity index (χ3v) is 8.12. The fraction of sp³-hybridized carbons (Fsp3) is 0.417. The van der Waals surface area contributed by atoms with Crippen molar-refractivity contribution in [3.05, 3.63) is 59.2 Å². The van der Waals surface area contributed by atoms with E-state index in [1.165, 1.54) is 60.8 Å². The maximum absolute atomic E-state index is 2.51. The molecule has 1 saturated carbocycles. The largest absolute Gasteiger partial charge is 0.0775 e. The molecule has 1 heteroatoms. The van der Waals surface area contributed by atoms with Gasteiger partial charge in [0.2, 0.25) is 0 Å². The fourth-order valence-electron chi connectivity index (χ4n) is 4.56. The minimum absolute atomic E-state index is 0.944. The minimum Gasteiger partial charge on any atom is -0.0656 e. The van der Waals surface area contributed by atoms with Gasteiger partial charge < -0.3 is 0 Å². The quantitative estimate of drug-likeness (QED) is 0.560. The van der Waals surface area contributed by atoms with Crippen molar-refractivity contribution in [2.75, 3.05) is 0 Å². The Kier molecular flexibility index (Phi) is 4.45. The molecule has 130 valence electrons. The molecule has 1 fully saturated rings. The molecule has 0 radical (unpaired) electrons. The van der Waals surface area contributed by atoms with Gasteiger partial charge in [0, 0.05) is 0 Å². The molecule has 0 spiro atoms. The van der Waals surface area contributed by atoms with E-state index < -0.39 is 8.07 Å². The lowest BCUT2D eigenvalue weighted by Crippen LogP contribution is -2.37. The average molecular weight is 347 g/mol. The van der Waals surface area contributed by atoms with E-state index in [9.17, 15) is 0 Å². The van der Waals surface area contributed by atoms with Crippen LogP contribution in [0.3, 0.4) is 0 Å². The lowest BCUT2D eigenvalue weighted by Gasteiger charge is -2.17. The molecule has 0 unspecified atom stereocenters. The highest BCUT2D eigenvalue weighted by atomic mass is 28.3. The predicted molar refractivity (Wildman–Crippen MR) is 113 cm³/mol. The van der Waals surface area contributed by atoms with Crippen LogP contribution in [0.25, 0.3) is 17.2 Å². The van der Waals surface area contributed by atoms with E-state index in [0.717, 1.165) is 5.92 Å². The average Bonchev–Trinajstić information content (AvgIpc) is 3.23. The summed E-state index contributed by atoms with van der Waals surface area (Å²) in [5, 5.41) is 1.54. The van der Waals surface area contributed by atoms with E-state index in [2.05, 4.69) is 68.2 Å². The van der Waals surface area contributed by atoms with Crippen molar-refractivity contribution in [2.24, 2.45) is 5.92 Å². The predicted octanol–water partition coefficient (Wildman–Crippen LogP) is 6.42. The summed E-state index contributed by atoms with van der Waals surface area (Å²) < 4.78 is 0. The first-order chi connectivity index (χ1) is 12.0. The molecule has 0 bridgehead atoms. The van der Waals surface area contributed by atoms with Crippen molar-refractivity contribution in [2.45, 2.75) is 58.2 Å². The summed E-state index contributed by atoms with van der Waals surface area (Å²) in [7, 11) is -1.22. The van der Waals surface area contributed by atoms with Crippen LogP contribution >= 0.6 is 0 Å². The molecule has 25 heavy (non-hydrogen) atoms. The maximum atomic E-state index is 2.51. The highest BCUT2D eigenvalue weighted by molar-refractivity contribution is 6.88. The van der Waals surface area contributed by atoms with Gasteiger partial charge in [0.25, 0.3) is 0 Å². The smallest absolute Gasteiger partial charge is 0.0656 e. The van der Waals surface area contributed by atoms with Crippen LogP contribution in [-0.4, -0.2) is 8.07 Å². The van der Waals surface area contributed by atoms with Crippen LogP contribution in [0.2, 0.25) is 19.6 Å². The van der Waals surface area contributed by atoms with E-state index in [-0.39, 0.29) is 0 Å². The summed E-state index contributed by atoms with van der Waals surface area (Å²) in [5.41, 5.74) is 7.46. The molecule has 0 atom stereocenters. The van der Waals surface area contributed by atoms with Crippen molar-refractivity contribution in [1.29, 1.82) is 0 Å². The van der Waals surface area contributed by atoms with Gasteiger partial charge in [-0.3, -0.25) is 0 Å². The Balaban J connectivity index is 1.62. The first kappa shape index (κ1) is 16.8. The second kappa shape index (κ2) is 6.61. The van der Waals surface area contributed by atoms with Crippen LogP contribution < -0.4 is 5.19 Å². The molecule has 2 aromatic carbocycles. The number of hydrogen-bond acceptors (Lipinski definition) is 0. The number of rotatable bonds is 4. The van der Waals surface area contributed by atoms with Crippen molar-refractivity contribution in [3.8, 4) is 11.1 Å². The fourth-order valence-corrected chi connectivity index (χ4v) is 5.72. The topological polar surface area (TPSA) is 0 Å². The third-order valence-electron chi connectivity index (χ3n) is 6.05. The van der Waals surface area contributed by atoms with Gasteiger partial charge in [-0.1, -0.05) is 105 Å². The van der Waals surface area contributed by atoms with Crippen LogP contribution in [0.15, 0.2) is 48.0 Å². The molecule has 0 amide bonds. The lowest BCUT2D eigenvalue weighted by atomic mass is 9.96. The van der Waals surface area contributed by atoms with Crippen LogP contribution in [-0.2, 0) is 6.42 Å². The van der Waals surface area contributed by atoms with E-state index in [1.807, 2.05) is 0 Å². The zero-order valence-corrected chi connectivity index (χ0v) is 16.9. The minimum atomic E-state index is -1.22. The monoisotopic (exact) mass is 346 g/mol. The van der Waals surface area contributed by atoms with Crippen molar-refractivity contribution >= 4 is 19.3 Å². The third kappa shape index (κ3) is 3.53. The number of allylic oxidation sites excluding steroid dienone is 1. The van der Waals surface area contributed by atoms with Crippen molar-refractivity contribution < 1.29 is 0 Å². The van der Waals surface area contributed by atoms with E-state index >= 15 is 0 Å². The zero-order valence-electron chi connectivity index (χ0n) is 15.9. The van der Waals surface area contributed by atoms with Gasteiger partial charge in [-0.05, 0) is 41.0 Å². The SMILES string of the molecule is C[Si](C)(C)c1ccc(-c2cccc3c2C=C(CC2CCCC2)C3)cc1. The Morgan fingerprint density at radius 2 is 1.64 bits per heavy atom. The molecule has 2 aliphatic carbocycles. The molecule has 0 nitrogen and oxygen atoms in total. The summed E-state index contributed by atoms with van der Waals surface area (Å²) >= 11 is 0. The van der Waals surface area contributed by atoms with Crippen LogP contribution in [0.4, 0.5) is 0 Å². The molecule has 0 N–H and O–H groups in total. The van der Waals surface area contributed by atoms with Crippen LogP contribution in [0.1, 0.15) is 43.2 Å². The first-order valence-corrected chi connectivity index (χ1v) is 13.4. The van der Waals surface area contributed by atoms with Gasteiger partial charge in [0.15, 0.2) is 0 Å². The highest BCUT2D eigenvalue weighted by Crippen LogP contribution is 2.38. The Labute approximate surface area is 154 Å². The zero-order chi connectivity index (χ0) is 17.4. The summed E-state index contributed by atoms with van der Waals surface area (Å²) in [4.78, 5) is 0. The van der Waals surface area contributed by atoms with Crippen molar-refractivity contribution in [1.82, 2.24) is 0 Å². The summed E-state index contributed by atoms with van der Waals surface area (Å²) in [6, 6.07) is 16.3. The molecule has 0 aliphatic heterocycles. The van der Waals surface area contributed by atoms with E-state index in [4.69, 9.17) is 0 Å². The second-order valence-corrected chi connectivity index (χ2v) is 14.1. The second-order valence-electron chi connectivity index (χ2n) is 9.04. The van der Waals surface area contributed by atoms with E-state index in [1.54, 1.807) is 10.8 Å². The summed E-state index contributed by atoms with van der Waals surface area (Å²) in [5.74, 6) is 0.944. The molecular formula is C24H30Si. The summed E-state index contributed by atoms with van der Waals surface area (Å²) in [6.07, 6.45) is 10.8. The van der Waals surface area contributed by atoms with Crippen molar-refractivity contribution in [3.63, 3.8) is 0 Å². The first-order valence-electron chi connectivity index (χ1n) is 9.93. The van der Waals surface area contributed by atoms with Gasteiger partial charge >= 0.3 is 0 Å². The Morgan fingerprint density at radius 1 is 0.920 bits per heavy atom. The van der Waals surface area contributed by atoms with Gasteiger partial charge in [0.05, 0.1) is 8.07 Å². The Bertz CT molecular complexity index is 784. The maximum Gasteiger partial charge on any atom is 0.0775 e. The molecule has 4 rings (SSSR count). The van der Waals surface area contributed by atoms with Gasteiger partial charge in [-0.2, -0.15) is 0 Å². The molecule has 2 aromatic rings. The molecule has 0 heterocycles. The highest BCUT2D eigenvalue weighted by Gasteiger charge is 2.22. The number of fused-ring (bicyclic) bond motifs is 1. The Morgan fingerprint density at radius 3 is 2.32 bits per heavy atom. The summed E-state index contributed by atoms with van der Waals surface area (Å²) in [6.45, 7) is 7.25. The van der Waals surface area contributed by atoms with Crippen LogP contribution in [0.5, 0.6) is 0 Å². The standard InChI is InChI=1S/C24H30Si/c1-25(2,3)22-13-11-20(12-14-22)23-10-6-9-21-16-19(17-24(21)23)15-18-7-4-5-8-18/h6,9-14,17-18H,4-5,7-8,15-16H2,1-3H3. The molecule has 0 saturated heterocycles. The van der Waals surface area contributed by atoms with Crippen LogP contribution in [0, 0.1) is 5.92 Å². The molecule has 0 aromatic heterocycles. The lowest BCUT2D eigenvalue weighted by molar-refractivity contribution is 0.541. The molecular weight excluding hydrogens is 316 g/mol. The van der Waals surface area contributed by atoms with Gasteiger partial charge in [0.1, 0.15) is 0 Å². The van der Waals surface area contributed by atoms with Gasteiger partial charge in [-0.25, -0.2) is 0 Å². The Hall–Kier alpha value is -1.60. The molecule has 2 aliphatic rings. The van der Waals surface area contributed by atoms with E-state index in [0.29, 0.717) is 0 Å². The van der Waals surface area contributed by atoms with Gasteiger partial charge in [-0.15, -0.1) is 0 Å².